The zero-order valence-electron chi connectivity index (χ0n) is 16.8. The van der Waals surface area contributed by atoms with Crippen LogP contribution >= 0.6 is 0 Å². The molecule has 6 rings (SSSR count). The van der Waals surface area contributed by atoms with Gasteiger partial charge < -0.3 is 0 Å². The maximum absolute atomic E-state index is 13.7. The molecule has 3 aromatic rings. The summed E-state index contributed by atoms with van der Waals surface area (Å²) in [5.74, 6) is -2.14. The van der Waals surface area contributed by atoms with E-state index in [1.807, 2.05) is 60.7 Å². The Hall–Kier alpha value is -3.80. The highest BCUT2D eigenvalue weighted by Crippen LogP contribution is 2.52. The Bertz CT molecular complexity index is 1310. The van der Waals surface area contributed by atoms with Crippen LogP contribution in [0.3, 0.4) is 0 Å². The molecule has 0 bridgehead atoms. The van der Waals surface area contributed by atoms with Crippen molar-refractivity contribution in [2.75, 3.05) is 4.90 Å². The third kappa shape index (κ3) is 2.39. The van der Waals surface area contributed by atoms with Crippen LogP contribution in [-0.2, 0) is 14.4 Å². The summed E-state index contributed by atoms with van der Waals surface area (Å²) in [6.07, 6.45) is 1.71. The molecule has 152 valence electrons. The number of fused-ring (bicyclic) bond motifs is 6. The van der Waals surface area contributed by atoms with E-state index in [2.05, 4.69) is 5.10 Å². The minimum absolute atomic E-state index is 0.157. The maximum atomic E-state index is 13.7. The number of anilines is 1. The zero-order chi connectivity index (χ0) is 21.3. The number of Topliss-reactive ketones (excluding diaryl/α,β-unsaturated/α-hetero) is 1. The van der Waals surface area contributed by atoms with Gasteiger partial charge in [-0.3, -0.25) is 19.4 Å². The standard InChI is InChI=1S/C25H19N3O3/c1-14(29)22-20-21(23-19-9-5-4-8-17(19)13-26-28(22)23)25(31)27(24(20)30)18-11-10-15-6-2-3-7-16(15)12-18/h2-13,20-23H,1H3/t20-,21+,22-,23?/m1/s1. The number of ketones is 1. The first-order valence-electron chi connectivity index (χ1n) is 10.3. The minimum Gasteiger partial charge on any atom is -0.298 e. The van der Waals surface area contributed by atoms with Gasteiger partial charge in [0.1, 0.15) is 6.04 Å². The van der Waals surface area contributed by atoms with Gasteiger partial charge in [-0.15, -0.1) is 0 Å². The Labute approximate surface area is 178 Å². The van der Waals surface area contributed by atoms with Crippen LogP contribution in [-0.4, -0.2) is 34.9 Å². The molecule has 2 saturated heterocycles. The van der Waals surface area contributed by atoms with Crippen molar-refractivity contribution in [1.29, 1.82) is 0 Å². The van der Waals surface area contributed by atoms with Crippen LogP contribution in [0.5, 0.6) is 0 Å². The van der Waals surface area contributed by atoms with E-state index in [1.165, 1.54) is 11.8 Å². The number of carbonyl (C=O) groups is 3. The summed E-state index contributed by atoms with van der Waals surface area (Å²) in [7, 11) is 0. The average Bonchev–Trinajstić information content (AvgIpc) is 3.26. The lowest BCUT2D eigenvalue weighted by atomic mass is 9.84. The molecule has 2 fully saturated rings. The number of hydrazone groups is 1. The van der Waals surface area contributed by atoms with Crippen molar-refractivity contribution in [3.63, 3.8) is 0 Å². The Morgan fingerprint density at radius 3 is 2.39 bits per heavy atom. The first-order chi connectivity index (χ1) is 15.1. The smallest absolute Gasteiger partial charge is 0.240 e. The van der Waals surface area contributed by atoms with Crippen molar-refractivity contribution >= 4 is 40.3 Å². The van der Waals surface area contributed by atoms with Crippen molar-refractivity contribution in [3.05, 3.63) is 77.9 Å². The van der Waals surface area contributed by atoms with E-state index >= 15 is 0 Å². The highest BCUT2D eigenvalue weighted by Gasteiger charge is 2.64. The number of nitrogens with zero attached hydrogens (tertiary/aromatic N) is 3. The normalized spacial score (nSPS) is 26.2. The lowest BCUT2D eigenvalue weighted by molar-refractivity contribution is -0.129. The minimum atomic E-state index is -0.749. The molecule has 0 aliphatic carbocycles. The van der Waals surface area contributed by atoms with Gasteiger partial charge in [-0.1, -0.05) is 54.6 Å². The highest BCUT2D eigenvalue weighted by molar-refractivity contribution is 6.24. The van der Waals surface area contributed by atoms with Crippen LogP contribution in [0.1, 0.15) is 24.1 Å². The van der Waals surface area contributed by atoms with E-state index in [0.717, 1.165) is 21.9 Å². The van der Waals surface area contributed by atoms with E-state index in [4.69, 9.17) is 0 Å². The third-order valence-corrected chi connectivity index (χ3v) is 6.70. The molecule has 3 aliphatic rings. The topological polar surface area (TPSA) is 70.0 Å². The van der Waals surface area contributed by atoms with Crippen LogP contribution in [0.15, 0.2) is 71.8 Å². The van der Waals surface area contributed by atoms with Gasteiger partial charge >= 0.3 is 0 Å². The van der Waals surface area contributed by atoms with Crippen molar-refractivity contribution < 1.29 is 14.4 Å². The molecule has 6 heteroatoms. The molecule has 2 amide bonds. The van der Waals surface area contributed by atoms with E-state index in [0.29, 0.717) is 5.69 Å². The summed E-state index contributed by atoms with van der Waals surface area (Å²) in [4.78, 5) is 41.2. The predicted octanol–water partition coefficient (Wildman–Crippen LogP) is 3.31. The molecule has 3 heterocycles. The summed E-state index contributed by atoms with van der Waals surface area (Å²) in [6, 6.07) is 19.9. The molecule has 0 aromatic heterocycles. The molecule has 0 N–H and O–H groups in total. The summed E-state index contributed by atoms with van der Waals surface area (Å²) >= 11 is 0. The van der Waals surface area contributed by atoms with Crippen molar-refractivity contribution in [3.8, 4) is 0 Å². The summed E-state index contributed by atoms with van der Waals surface area (Å²) in [5, 5.41) is 8.15. The molecule has 4 atom stereocenters. The molecule has 0 saturated carbocycles. The SMILES string of the molecule is CC(=O)[C@@H]1[C@@H]2C(=O)N(c3ccc4ccccc4c3)C(=O)[C@@H]2C2c3ccccc3C=NN21. The zero-order valence-corrected chi connectivity index (χ0v) is 16.8. The van der Waals surface area contributed by atoms with Gasteiger partial charge in [0.2, 0.25) is 11.8 Å². The number of hydrogen-bond donors (Lipinski definition) is 0. The van der Waals surface area contributed by atoms with E-state index in [-0.39, 0.29) is 17.6 Å². The van der Waals surface area contributed by atoms with Gasteiger partial charge in [0, 0.05) is 0 Å². The molecule has 1 unspecified atom stereocenters. The van der Waals surface area contributed by atoms with Gasteiger partial charge in [0.25, 0.3) is 0 Å². The van der Waals surface area contributed by atoms with Crippen molar-refractivity contribution in [1.82, 2.24) is 5.01 Å². The van der Waals surface area contributed by atoms with Crippen LogP contribution in [0.4, 0.5) is 5.69 Å². The molecular weight excluding hydrogens is 390 g/mol. The van der Waals surface area contributed by atoms with Gasteiger partial charge in [-0.05, 0) is 41.0 Å². The van der Waals surface area contributed by atoms with Crippen LogP contribution in [0.25, 0.3) is 10.8 Å². The maximum Gasteiger partial charge on any atom is 0.240 e. The Morgan fingerprint density at radius 2 is 1.58 bits per heavy atom. The summed E-state index contributed by atoms with van der Waals surface area (Å²) in [6.45, 7) is 1.47. The predicted molar refractivity (Wildman–Crippen MR) is 117 cm³/mol. The second-order valence-electron chi connectivity index (χ2n) is 8.35. The second-order valence-corrected chi connectivity index (χ2v) is 8.35. The van der Waals surface area contributed by atoms with Crippen LogP contribution in [0, 0.1) is 11.8 Å². The van der Waals surface area contributed by atoms with Crippen LogP contribution in [0.2, 0.25) is 0 Å². The quantitative estimate of drug-likeness (QED) is 0.609. The van der Waals surface area contributed by atoms with E-state index < -0.39 is 23.9 Å². The van der Waals surface area contributed by atoms with Crippen molar-refractivity contribution in [2.45, 2.75) is 19.0 Å². The summed E-state index contributed by atoms with van der Waals surface area (Å²) in [5.41, 5.74) is 2.39. The first-order valence-corrected chi connectivity index (χ1v) is 10.3. The van der Waals surface area contributed by atoms with E-state index in [9.17, 15) is 14.4 Å². The van der Waals surface area contributed by atoms with Gasteiger partial charge in [-0.25, -0.2) is 4.90 Å². The largest absolute Gasteiger partial charge is 0.298 e. The number of carbonyl (C=O) groups excluding carboxylic acids is 3. The Morgan fingerprint density at radius 1 is 0.871 bits per heavy atom. The van der Waals surface area contributed by atoms with Crippen LogP contribution < -0.4 is 4.90 Å². The number of benzene rings is 3. The fraction of sp³-hybridized carbons (Fsp3) is 0.200. The molecular formula is C25H19N3O3. The average molecular weight is 409 g/mol. The molecule has 0 radical (unpaired) electrons. The molecule has 3 aromatic carbocycles. The monoisotopic (exact) mass is 409 g/mol. The van der Waals surface area contributed by atoms with Gasteiger partial charge in [0.05, 0.1) is 29.8 Å². The van der Waals surface area contributed by atoms with E-state index in [1.54, 1.807) is 17.3 Å². The van der Waals surface area contributed by atoms with Gasteiger partial charge in [0.15, 0.2) is 5.78 Å². The number of amides is 2. The van der Waals surface area contributed by atoms with Crippen molar-refractivity contribution in [2.24, 2.45) is 16.9 Å². The lowest BCUT2D eigenvalue weighted by Crippen LogP contribution is -2.43. The number of imide groups is 1. The summed E-state index contributed by atoms with van der Waals surface area (Å²) < 4.78 is 0. The Kier molecular flexibility index (Phi) is 3.69. The third-order valence-electron chi connectivity index (χ3n) is 6.70. The first kappa shape index (κ1) is 18.0. The fourth-order valence-corrected chi connectivity index (χ4v) is 5.39. The lowest BCUT2D eigenvalue weighted by Gasteiger charge is -2.33. The highest BCUT2D eigenvalue weighted by atomic mass is 16.2. The number of rotatable bonds is 2. The Balaban J connectivity index is 1.49. The molecule has 3 aliphatic heterocycles. The fourth-order valence-electron chi connectivity index (χ4n) is 5.39. The van der Waals surface area contributed by atoms with Gasteiger partial charge in [-0.2, -0.15) is 5.10 Å². The number of hydrogen-bond acceptors (Lipinski definition) is 5. The second kappa shape index (κ2) is 6.35. The molecule has 31 heavy (non-hydrogen) atoms. The molecule has 6 nitrogen and oxygen atoms in total. The molecule has 0 spiro atoms.